The minimum atomic E-state index is -0.484. The molecule has 1 aromatic rings. The smallest absolute Gasteiger partial charge is 0.349 e. The highest BCUT2D eigenvalue weighted by Crippen LogP contribution is 2.21. The van der Waals surface area contributed by atoms with E-state index in [1.54, 1.807) is 13.2 Å². The summed E-state index contributed by atoms with van der Waals surface area (Å²) in [7, 11) is 1.61. The summed E-state index contributed by atoms with van der Waals surface area (Å²) in [6, 6.07) is 8.69. The van der Waals surface area contributed by atoms with Gasteiger partial charge in [-0.25, -0.2) is 9.59 Å². The van der Waals surface area contributed by atoms with Crippen molar-refractivity contribution < 1.29 is 14.3 Å². The normalized spacial score (nSPS) is 19.8. The van der Waals surface area contributed by atoms with Crippen molar-refractivity contribution in [2.24, 2.45) is 15.9 Å². The molecule has 0 bridgehead atoms. The van der Waals surface area contributed by atoms with Crippen molar-refractivity contribution in [2.75, 3.05) is 20.3 Å². The average Bonchev–Trinajstić information content (AvgIpc) is 2.69. The average molecular weight is 366 g/mol. The van der Waals surface area contributed by atoms with Gasteiger partial charge in [0.1, 0.15) is 5.84 Å². The fourth-order valence-corrected chi connectivity index (χ4v) is 2.92. The van der Waals surface area contributed by atoms with Gasteiger partial charge in [-0.2, -0.15) is 9.98 Å². The molecule has 0 fully saturated rings. The number of carbonyl (C=O) groups excluding carboxylic acids is 2. The van der Waals surface area contributed by atoms with Crippen LogP contribution in [0.25, 0.3) is 0 Å². The number of urea groups is 2. The highest BCUT2D eigenvalue weighted by molar-refractivity contribution is 6.24. The molecular formula is C20H22N4O3. The van der Waals surface area contributed by atoms with Crippen LogP contribution in [0.1, 0.15) is 12.0 Å². The molecule has 1 unspecified atom stereocenters. The maximum Gasteiger partial charge on any atom is 0.349 e. The third-order valence-corrected chi connectivity index (χ3v) is 4.24. The van der Waals surface area contributed by atoms with Crippen molar-refractivity contribution in [3.8, 4) is 0 Å². The Labute approximate surface area is 158 Å². The predicted octanol–water partition coefficient (Wildman–Crippen LogP) is 2.95. The molecule has 27 heavy (non-hydrogen) atoms. The molecule has 0 aromatic heterocycles. The molecular weight excluding hydrogens is 344 g/mol. The molecule has 1 heterocycles. The highest BCUT2D eigenvalue weighted by Gasteiger charge is 2.34. The molecule has 140 valence electrons. The van der Waals surface area contributed by atoms with Crippen LogP contribution in [0.3, 0.4) is 0 Å². The molecule has 0 saturated carbocycles. The molecule has 0 saturated heterocycles. The predicted molar refractivity (Wildman–Crippen MR) is 104 cm³/mol. The van der Waals surface area contributed by atoms with Crippen LogP contribution < -0.4 is 5.32 Å². The lowest BCUT2D eigenvalue weighted by atomic mass is 9.94. The fraction of sp³-hybridized carbons (Fsp3) is 0.300. The van der Waals surface area contributed by atoms with Crippen LogP contribution in [-0.4, -0.2) is 48.8 Å². The second-order valence-electron chi connectivity index (χ2n) is 6.15. The summed E-state index contributed by atoms with van der Waals surface area (Å²) in [5.41, 5.74) is 1.57. The molecule has 1 aliphatic carbocycles. The van der Waals surface area contributed by atoms with Crippen molar-refractivity contribution in [3.63, 3.8) is 0 Å². The Morgan fingerprint density at radius 2 is 2.11 bits per heavy atom. The number of aliphatic imine (C=N–C) groups is 2. The van der Waals surface area contributed by atoms with Crippen molar-refractivity contribution >= 4 is 23.6 Å². The summed E-state index contributed by atoms with van der Waals surface area (Å²) in [6.07, 6.45) is 7.97. The Kier molecular flexibility index (Phi) is 6.27. The number of carbonyl (C=O) groups is 2. The van der Waals surface area contributed by atoms with Crippen LogP contribution >= 0.6 is 0 Å². The molecule has 7 heteroatoms. The van der Waals surface area contributed by atoms with E-state index < -0.39 is 12.1 Å². The summed E-state index contributed by atoms with van der Waals surface area (Å²) >= 11 is 0. The lowest BCUT2D eigenvalue weighted by molar-refractivity contribution is 0.184. The van der Waals surface area contributed by atoms with Crippen LogP contribution in [0, 0.1) is 5.92 Å². The Morgan fingerprint density at radius 1 is 1.30 bits per heavy atom. The third-order valence-electron chi connectivity index (χ3n) is 4.24. The number of methoxy groups -OCH3 is 1. The first kappa shape index (κ1) is 18.7. The summed E-state index contributed by atoms with van der Waals surface area (Å²) in [5, 5.41) is 2.77. The fourth-order valence-electron chi connectivity index (χ4n) is 2.92. The van der Waals surface area contributed by atoms with Gasteiger partial charge < -0.3 is 10.1 Å². The number of ether oxygens (including phenoxy) is 1. The molecule has 2 aliphatic rings. The summed E-state index contributed by atoms with van der Waals surface area (Å²) in [5.74, 6) is 0.0879. The maximum atomic E-state index is 12.4. The van der Waals surface area contributed by atoms with Gasteiger partial charge in [0.05, 0.1) is 11.6 Å². The SMILES string of the molecule is COCCCN1C(=O)N=C2C=CC=CC2/C1=N/C(=O)NCc1ccccc1. The standard InChI is InChI=1S/C20H22N4O3/c1-27-13-7-12-24-18(16-10-5-6-11-17(16)22-20(24)26)23-19(25)21-14-15-8-3-2-4-9-15/h2-6,8-11,16H,7,12-14H2,1H3,(H,21,25)/b23-18-. The molecule has 0 radical (unpaired) electrons. The monoisotopic (exact) mass is 366 g/mol. The summed E-state index contributed by atoms with van der Waals surface area (Å²) in [6.45, 7) is 1.27. The van der Waals surface area contributed by atoms with E-state index in [9.17, 15) is 9.59 Å². The first-order chi connectivity index (χ1) is 13.2. The molecule has 1 atom stereocenters. The van der Waals surface area contributed by atoms with Crippen LogP contribution in [0.15, 0.2) is 64.6 Å². The lowest BCUT2D eigenvalue weighted by Crippen LogP contribution is -2.47. The van der Waals surface area contributed by atoms with E-state index in [-0.39, 0.29) is 5.92 Å². The van der Waals surface area contributed by atoms with E-state index >= 15 is 0 Å². The van der Waals surface area contributed by atoms with Crippen LogP contribution in [0.4, 0.5) is 9.59 Å². The highest BCUT2D eigenvalue weighted by atomic mass is 16.5. The second-order valence-corrected chi connectivity index (χ2v) is 6.15. The molecule has 1 aliphatic heterocycles. The van der Waals surface area contributed by atoms with Crippen LogP contribution in [0.2, 0.25) is 0 Å². The minimum absolute atomic E-state index is 0.308. The number of hydrogen-bond donors (Lipinski definition) is 1. The number of allylic oxidation sites excluding steroid dienone is 3. The van der Waals surface area contributed by atoms with Crippen molar-refractivity contribution in [2.45, 2.75) is 13.0 Å². The quantitative estimate of drug-likeness (QED) is 0.786. The van der Waals surface area contributed by atoms with Crippen molar-refractivity contribution in [1.29, 1.82) is 0 Å². The lowest BCUT2D eigenvalue weighted by Gasteiger charge is -2.31. The zero-order valence-corrected chi connectivity index (χ0v) is 15.2. The van der Waals surface area contributed by atoms with Crippen molar-refractivity contribution in [1.82, 2.24) is 10.2 Å². The van der Waals surface area contributed by atoms with E-state index in [2.05, 4.69) is 15.3 Å². The largest absolute Gasteiger partial charge is 0.385 e. The summed E-state index contributed by atoms with van der Waals surface area (Å²) in [4.78, 5) is 34.6. The van der Waals surface area contributed by atoms with Gasteiger partial charge in [0.15, 0.2) is 0 Å². The Hall–Kier alpha value is -3.06. The first-order valence-corrected chi connectivity index (χ1v) is 8.83. The van der Waals surface area contributed by atoms with Gasteiger partial charge in [0.25, 0.3) is 0 Å². The molecule has 1 aromatic carbocycles. The Bertz CT molecular complexity index is 812. The van der Waals surface area contributed by atoms with Gasteiger partial charge in [-0.05, 0) is 18.1 Å². The minimum Gasteiger partial charge on any atom is -0.385 e. The summed E-state index contributed by atoms with van der Waals surface area (Å²) < 4.78 is 5.06. The number of benzene rings is 1. The number of nitrogens with zero attached hydrogens (tertiary/aromatic N) is 3. The van der Waals surface area contributed by atoms with Gasteiger partial charge in [-0.3, -0.25) is 4.90 Å². The number of hydrogen-bond acceptors (Lipinski definition) is 3. The molecule has 4 amide bonds. The zero-order valence-electron chi connectivity index (χ0n) is 15.2. The maximum absolute atomic E-state index is 12.4. The number of amidine groups is 1. The molecule has 3 rings (SSSR count). The molecule has 1 N–H and O–H groups in total. The van der Waals surface area contributed by atoms with Crippen LogP contribution in [0.5, 0.6) is 0 Å². The van der Waals surface area contributed by atoms with Gasteiger partial charge >= 0.3 is 12.1 Å². The van der Waals surface area contributed by atoms with E-state index in [0.29, 0.717) is 37.7 Å². The van der Waals surface area contributed by atoms with E-state index in [4.69, 9.17) is 4.74 Å². The number of amides is 4. The number of nitrogens with one attached hydrogen (secondary N) is 1. The Balaban J connectivity index is 1.78. The third kappa shape index (κ3) is 4.77. The Morgan fingerprint density at radius 3 is 2.89 bits per heavy atom. The number of rotatable bonds is 6. The van der Waals surface area contributed by atoms with Crippen molar-refractivity contribution in [3.05, 3.63) is 60.2 Å². The van der Waals surface area contributed by atoms with Gasteiger partial charge in [0.2, 0.25) is 0 Å². The second kappa shape index (κ2) is 9.05. The van der Waals surface area contributed by atoms with Gasteiger partial charge in [-0.15, -0.1) is 0 Å². The first-order valence-electron chi connectivity index (χ1n) is 8.83. The number of fused-ring (bicyclic) bond motifs is 1. The van der Waals surface area contributed by atoms with Gasteiger partial charge in [-0.1, -0.05) is 48.6 Å². The van der Waals surface area contributed by atoms with Gasteiger partial charge in [0, 0.05) is 26.8 Å². The van der Waals surface area contributed by atoms with E-state index in [1.807, 2.05) is 48.6 Å². The molecule has 0 spiro atoms. The molecule has 7 nitrogen and oxygen atoms in total. The van der Waals surface area contributed by atoms with Crippen LogP contribution in [-0.2, 0) is 11.3 Å². The topological polar surface area (TPSA) is 83.4 Å². The van der Waals surface area contributed by atoms with E-state index in [1.165, 1.54) is 4.90 Å². The zero-order chi connectivity index (χ0) is 19.1. The van der Waals surface area contributed by atoms with E-state index in [0.717, 1.165) is 5.56 Å².